The molecule has 1 N–H and O–H groups in total. The molecule has 2 rings (SSSR count). The highest BCUT2D eigenvalue weighted by Crippen LogP contribution is 2.17. The Kier molecular flexibility index (Phi) is 4.82. The summed E-state index contributed by atoms with van der Waals surface area (Å²) in [6, 6.07) is 1.83. The summed E-state index contributed by atoms with van der Waals surface area (Å²) in [5.74, 6) is -0.818. The quantitative estimate of drug-likeness (QED) is 0.889. The fourth-order valence-corrected chi connectivity index (χ4v) is 2.84. The van der Waals surface area contributed by atoms with Crippen molar-refractivity contribution in [2.75, 3.05) is 32.7 Å². The number of piperazine rings is 1. The fraction of sp³-hybridized carbons (Fsp3) is 0.538. The van der Waals surface area contributed by atoms with Gasteiger partial charge in [0.05, 0.1) is 6.54 Å². The Morgan fingerprint density at radius 2 is 1.95 bits per heavy atom. The minimum absolute atomic E-state index is 0.00697. The van der Waals surface area contributed by atoms with E-state index in [9.17, 15) is 9.59 Å². The third-order valence-corrected chi connectivity index (χ3v) is 3.88. The summed E-state index contributed by atoms with van der Waals surface area (Å²) >= 11 is 3.39. The third kappa shape index (κ3) is 3.40. The minimum atomic E-state index is -0.825. The van der Waals surface area contributed by atoms with Gasteiger partial charge in [0.2, 0.25) is 0 Å². The van der Waals surface area contributed by atoms with E-state index in [0.717, 1.165) is 11.0 Å². The van der Waals surface area contributed by atoms with Crippen LogP contribution in [0.1, 0.15) is 17.4 Å². The first-order valence-corrected chi connectivity index (χ1v) is 7.39. The molecule has 2 heterocycles. The predicted molar refractivity (Wildman–Crippen MR) is 77.8 cm³/mol. The molecule has 0 saturated carbocycles. The van der Waals surface area contributed by atoms with Crippen molar-refractivity contribution < 1.29 is 14.7 Å². The highest BCUT2D eigenvalue weighted by atomic mass is 79.9. The van der Waals surface area contributed by atoms with E-state index in [1.165, 1.54) is 0 Å². The monoisotopic (exact) mass is 343 g/mol. The normalized spacial score (nSPS) is 16.4. The van der Waals surface area contributed by atoms with Crippen LogP contribution in [0.2, 0.25) is 0 Å². The smallest absolute Gasteiger partial charge is 0.317 e. The number of hydrogen-bond donors (Lipinski definition) is 1. The van der Waals surface area contributed by atoms with Crippen LogP contribution < -0.4 is 0 Å². The van der Waals surface area contributed by atoms with Gasteiger partial charge in [0, 0.05) is 43.4 Å². The highest BCUT2D eigenvalue weighted by molar-refractivity contribution is 9.10. The van der Waals surface area contributed by atoms with Crippen LogP contribution in [-0.2, 0) is 11.3 Å². The van der Waals surface area contributed by atoms with Crippen molar-refractivity contribution in [2.24, 2.45) is 0 Å². The number of aryl methyl sites for hydroxylation is 1. The second kappa shape index (κ2) is 6.41. The summed E-state index contributed by atoms with van der Waals surface area (Å²) < 4.78 is 2.81. The highest BCUT2D eigenvalue weighted by Gasteiger charge is 2.25. The average Bonchev–Trinajstić information content (AvgIpc) is 2.79. The number of nitrogens with zero attached hydrogens (tertiary/aromatic N) is 3. The van der Waals surface area contributed by atoms with E-state index in [2.05, 4.69) is 15.9 Å². The number of hydrogen-bond acceptors (Lipinski definition) is 3. The molecule has 1 fully saturated rings. The number of amides is 1. The second-order valence-electron chi connectivity index (χ2n) is 4.79. The van der Waals surface area contributed by atoms with Gasteiger partial charge in [-0.15, -0.1) is 0 Å². The molecule has 110 valence electrons. The van der Waals surface area contributed by atoms with Gasteiger partial charge in [-0.2, -0.15) is 0 Å². The van der Waals surface area contributed by atoms with Crippen LogP contribution in [0.4, 0.5) is 0 Å². The number of aliphatic carboxylic acids is 1. The number of carboxylic acid groups (broad SMARTS) is 1. The molecule has 1 aromatic rings. The molecular weight excluding hydrogens is 326 g/mol. The number of carboxylic acids is 1. The Bertz CT molecular complexity index is 507. The van der Waals surface area contributed by atoms with E-state index < -0.39 is 5.97 Å². The van der Waals surface area contributed by atoms with Crippen LogP contribution in [0.3, 0.4) is 0 Å². The maximum Gasteiger partial charge on any atom is 0.317 e. The summed E-state index contributed by atoms with van der Waals surface area (Å²) in [6.07, 6.45) is 1.90. The van der Waals surface area contributed by atoms with Crippen LogP contribution in [0.15, 0.2) is 16.7 Å². The maximum absolute atomic E-state index is 12.5. The summed E-state index contributed by atoms with van der Waals surface area (Å²) in [7, 11) is 0. The van der Waals surface area contributed by atoms with Crippen LogP contribution in [-0.4, -0.2) is 64.1 Å². The summed E-state index contributed by atoms with van der Waals surface area (Å²) in [4.78, 5) is 26.8. The molecule has 0 bridgehead atoms. The Balaban J connectivity index is 1.99. The molecule has 0 atom stereocenters. The molecular formula is C13H18BrN3O3. The molecule has 0 radical (unpaired) electrons. The molecule has 0 spiro atoms. The van der Waals surface area contributed by atoms with Gasteiger partial charge in [0.25, 0.3) is 5.91 Å². The lowest BCUT2D eigenvalue weighted by molar-refractivity contribution is -0.138. The standard InChI is InChI=1S/C13H18BrN3O3/c1-2-16-8-10(14)7-11(16)13(20)17-5-3-15(4-6-17)9-12(18)19/h7-8H,2-6,9H2,1H3,(H,18,19). The van der Waals surface area contributed by atoms with E-state index in [4.69, 9.17) is 5.11 Å². The number of rotatable bonds is 4. The zero-order chi connectivity index (χ0) is 14.7. The van der Waals surface area contributed by atoms with Gasteiger partial charge in [-0.1, -0.05) is 0 Å². The number of aromatic nitrogens is 1. The van der Waals surface area contributed by atoms with Crippen molar-refractivity contribution in [1.29, 1.82) is 0 Å². The molecule has 0 aromatic carbocycles. The van der Waals surface area contributed by atoms with Crippen molar-refractivity contribution in [3.8, 4) is 0 Å². The Morgan fingerprint density at radius 1 is 1.30 bits per heavy atom. The lowest BCUT2D eigenvalue weighted by Crippen LogP contribution is -2.50. The number of carbonyl (C=O) groups is 2. The van der Waals surface area contributed by atoms with Crippen molar-refractivity contribution >= 4 is 27.8 Å². The van der Waals surface area contributed by atoms with Crippen LogP contribution >= 0.6 is 15.9 Å². The minimum Gasteiger partial charge on any atom is -0.480 e. The topological polar surface area (TPSA) is 65.8 Å². The van der Waals surface area contributed by atoms with E-state index in [1.807, 2.05) is 28.7 Å². The third-order valence-electron chi connectivity index (χ3n) is 3.44. The van der Waals surface area contributed by atoms with Crippen molar-refractivity contribution in [1.82, 2.24) is 14.4 Å². The van der Waals surface area contributed by atoms with E-state index in [1.54, 1.807) is 4.90 Å². The molecule has 1 aromatic heterocycles. The maximum atomic E-state index is 12.5. The van der Waals surface area contributed by atoms with Gasteiger partial charge in [-0.05, 0) is 28.9 Å². The van der Waals surface area contributed by atoms with E-state index in [-0.39, 0.29) is 12.5 Å². The zero-order valence-electron chi connectivity index (χ0n) is 11.4. The lowest BCUT2D eigenvalue weighted by Gasteiger charge is -2.33. The Hall–Kier alpha value is -1.34. The lowest BCUT2D eigenvalue weighted by atomic mass is 10.2. The molecule has 6 nitrogen and oxygen atoms in total. The molecule has 20 heavy (non-hydrogen) atoms. The molecule has 0 aliphatic carbocycles. The van der Waals surface area contributed by atoms with Crippen molar-refractivity contribution in [3.63, 3.8) is 0 Å². The first-order valence-electron chi connectivity index (χ1n) is 6.60. The second-order valence-corrected chi connectivity index (χ2v) is 5.71. The van der Waals surface area contributed by atoms with Crippen LogP contribution in [0, 0.1) is 0 Å². The van der Waals surface area contributed by atoms with Gasteiger partial charge in [-0.25, -0.2) is 0 Å². The van der Waals surface area contributed by atoms with Crippen molar-refractivity contribution in [2.45, 2.75) is 13.5 Å². The molecule has 7 heteroatoms. The molecule has 1 amide bonds. The molecule has 1 aliphatic heterocycles. The van der Waals surface area contributed by atoms with Gasteiger partial charge in [0.15, 0.2) is 0 Å². The van der Waals surface area contributed by atoms with Gasteiger partial charge in [0.1, 0.15) is 5.69 Å². The Labute approximate surface area is 126 Å². The number of carbonyl (C=O) groups excluding carboxylic acids is 1. The van der Waals surface area contributed by atoms with Gasteiger partial charge in [-0.3, -0.25) is 14.5 Å². The fourth-order valence-electron chi connectivity index (χ4n) is 2.38. The summed E-state index contributed by atoms with van der Waals surface area (Å²) in [5.41, 5.74) is 0.672. The van der Waals surface area contributed by atoms with Gasteiger partial charge < -0.3 is 14.6 Å². The average molecular weight is 344 g/mol. The number of halogens is 1. The molecule has 0 unspecified atom stereocenters. The SMILES string of the molecule is CCn1cc(Br)cc1C(=O)N1CCN(CC(=O)O)CC1. The Morgan fingerprint density at radius 3 is 2.50 bits per heavy atom. The van der Waals surface area contributed by atoms with Crippen molar-refractivity contribution in [3.05, 3.63) is 22.4 Å². The molecule has 1 saturated heterocycles. The van der Waals surface area contributed by atoms with Gasteiger partial charge >= 0.3 is 5.97 Å². The summed E-state index contributed by atoms with van der Waals surface area (Å²) in [5, 5.41) is 8.76. The van der Waals surface area contributed by atoms with Crippen LogP contribution in [0.5, 0.6) is 0 Å². The first-order chi connectivity index (χ1) is 9.51. The van der Waals surface area contributed by atoms with E-state index >= 15 is 0 Å². The predicted octanol–water partition coefficient (Wildman–Crippen LogP) is 1.11. The molecule has 1 aliphatic rings. The first kappa shape index (κ1) is 15.1. The van der Waals surface area contributed by atoms with E-state index in [0.29, 0.717) is 31.9 Å². The largest absolute Gasteiger partial charge is 0.480 e. The zero-order valence-corrected chi connectivity index (χ0v) is 13.0. The van der Waals surface area contributed by atoms with Crippen LogP contribution in [0.25, 0.3) is 0 Å². The summed E-state index contributed by atoms with van der Waals surface area (Å²) in [6.45, 7) is 5.12.